The first-order valence-electron chi connectivity index (χ1n) is 5.23. The molecule has 5 heteroatoms. The lowest BCUT2D eigenvalue weighted by molar-refractivity contribution is -0.138. The lowest BCUT2D eigenvalue weighted by Gasteiger charge is -2.06. The lowest BCUT2D eigenvalue weighted by atomic mass is 10.1. The number of methoxy groups -OCH3 is 1. The third-order valence-electron chi connectivity index (χ3n) is 1.97. The zero-order chi connectivity index (χ0) is 12.0. The molecule has 0 amide bonds. The molecule has 0 unspecified atom stereocenters. The maximum Gasteiger partial charge on any atom is 0.325 e. The predicted molar refractivity (Wildman–Crippen MR) is 61.1 cm³/mol. The summed E-state index contributed by atoms with van der Waals surface area (Å²) in [6.45, 7) is 4.37. The van der Waals surface area contributed by atoms with E-state index in [1.54, 1.807) is 12.4 Å². The van der Waals surface area contributed by atoms with E-state index in [9.17, 15) is 4.79 Å². The van der Waals surface area contributed by atoms with Gasteiger partial charge >= 0.3 is 5.97 Å². The molecule has 0 aliphatic carbocycles. The highest BCUT2D eigenvalue weighted by Crippen LogP contribution is 2.06. The Bertz CT molecular complexity index is 336. The zero-order valence-electron chi connectivity index (χ0n) is 9.86. The Labute approximate surface area is 95.3 Å². The predicted octanol–water partition coefficient (Wildman–Crippen LogP) is 1.26. The van der Waals surface area contributed by atoms with Gasteiger partial charge in [-0.25, -0.2) is 9.97 Å². The molecule has 0 aromatic carbocycles. The largest absolute Gasteiger partial charge is 0.468 e. The van der Waals surface area contributed by atoms with Crippen molar-refractivity contribution >= 4 is 11.9 Å². The number of aromatic nitrogens is 2. The van der Waals surface area contributed by atoms with Crippen LogP contribution < -0.4 is 5.32 Å². The van der Waals surface area contributed by atoms with E-state index in [4.69, 9.17) is 0 Å². The number of hydrogen-bond acceptors (Lipinski definition) is 5. The van der Waals surface area contributed by atoms with Crippen molar-refractivity contribution in [3.63, 3.8) is 0 Å². The molecule has 0 atom stereocenters. The van der Waals surface area contributed by atoms with Gasteiger partial charge in [-0.1, -0.05) is 13.8 Å². The normalized spacial score (nSPS) is 10.2. The Morgan fingerprint density at radius 3 is 2.56 bits per heavy atom. The number of carbonyl (C=O) groups excluding carboxylic acids is 1. The Kier molecular flexibility index (Phi) is 4.69. The summed E-state index contributed by atoms with van der Waals surface area (Å²) in [5.74, 6) is 0.685. The Balaban J connectivity index is 2.48. The number of ether oxygens (including phenoxy) is 1. The minimum atomic E-state index is -0.338. The van der Waals surface area contributed by atoms with E-state index in [2.05, 4.69) is 33.9 Å². The molecule has 0 aliphatic rings. The molecule has 0 spiro atoms. The molecule has 0 saturated carbocycles. The van der Waals surface area contributed by atoms with Crippen molar-refractivity contribution in [2.24, 2.45) is 5.92 Å². The van der Waals surface area contributed by atoms with E-state index in [-0.39, 0.29) is 12.5 Å². The molecule has 1 N–H and O–H groups in total. The number of nitrogens with zero attached hydrogens (tertiary/aromatic N) is 2. The average Bonchev–Trinajstić information content (AvgIpc) is 2.27. The minimum Gasteiger partial charge on any atom is -0.468 e. The van der Waals surface area contributed by atoms with Gasteiger partial charge in [0.1, 0.15) is 6.54 Å². The fraction of sp³-hybridized carbons (Fsp3) is 0.545. The monoisotopic (exact) mass is 223 g/mol. The molecule has 16 heavy (non-hydrogen) atoms. The standard InChI is InChI=1S/C11H17N3O2/c1-8(2)4-9-5-12-11(13-6-9)14-7-10(15)16-3/h5-6,8H,4,7H2,1-3H3,(H,12,13,14). The van der Waals surface area contributed by atoms with Gasteiger partial charge in [-0.2, -0.15) is 0 Å². The topological polar surface area (TPSA) is 64.1 Å². The van der Waals surface area contributed by atoms with Crippen molar-refractivity contribution in [2.45, 2.75) is 20.3 Å². The third-order valence-corrected chi connectivity index (χ3v) is 1.97. The quantitative estimate of drug-likeness (QED) is 0.761. The summed E-state index contributed by atoms with van der Waals surface area (Å²) in [6.07, 6.45) is 4.50. The number of anilines is 1. The van der Waals surface area contributed by atoms with E-state index in [1.165, 1.54) is 7.11 Å². The minimum absolute atomic E-state index is 0.0834. The van der Waals surface area contributed by atoms with Gasteiger partial charge in [0.2, 0.25) is 5.95 Å². The van der Waals surface area contributed by atoms with Gasteiger partial charge < -0.3 is 10.1 Å². The fourth-order valence-corrected chi connectivity index (χ4v) is 1.25. The molecule has 0 fully saturated rings. The second kappa shape index (κ2) is 6.05. The van der Waals surface area contributed by atoms with Crippen LogP contribution >= 0.6 is 0 Å². The van der Waals surface area contributed by atoms with Crippen LogP contribution in [0.1, 0.15) is 19.4 Å². The summed E-state index contributed by atoms with van der Waals surface area (Å²) in [4.78, 5) is 19.1. The first-order valence-corrected chi connectivity index (χ1v) is 5.23. The van der Waals surface area contributed by atoms with Crippen LogP contribution in [-0.4, -0.2) is 29.6 Å². The number of hydrogen-bond donors (Lipinski definition) is 1. The smallest absolute Gasteiger partial charge is 0.325 e. The number of nitrogens with one attached hydrogen (secondary N) is 1. The maximum atomic E-state index is 10.9. The number of esters is 1. The second-order valence-corrected chi connectivity index (χ2v) is 3.94. The van der Waals surface area contributed by atoms with Crippen LogP contribution in [0.4, 0.5) is 5.95 Å². The van der Waals surface area contributed by atoms with Gasteiger partial charge in [-0.15, -0.1) is 0 Å². The molecule has 1 heterocycles. The Hall–Kier alpha value is -1.65. The highest BCUT2D eigenvalue weighted by Gasteiger charge is 2.02. The van der Waals surface area contributed by atoms with E-state index >= 15 is 0 Å². The molecule has 5 nitrogen and oxygen atoms in total. The highest BCUT2D eigenvalue weighted by molar-refractivity contribution is 5.73. The maximum absolute atomic E-state index is 10.9. The average molecular weight is 223 g/mol. The molecule has 0 bridgehead atoms. The van der Waals surface area contributed by atoms with E-state index in [1.807, 2.05) is 0 Å². The molecule has 1 aromatic rings. The van der Waals surface area contributed by atoms with Gasteiger partial charge in [0.25, 0.3) is 0 Å². The molecular weight excluding hydrogens is 206 g/mol. The molecule has 0 aliphatic heterocycles. The van der Waals surface area contributed by atoms with Crippen LogP contribution in [0.2, 0.25) is 0 Å². The van der Waals surface area contributed by atoms with Crippen LogP contribution in [-0.2, 0) is 16.0 Å². The fourth-order valence-electron chi connectivity index (χ4n) is 1.25. The van der Waals surface area contributed by atoms with Crippen molar-refractivity contribution < 1.29 is 9.53 Å². The van der Waals surface area contributed by atoms with Crippen LogP contribution in [0.25, 0.3) is 0 Å². The first kappa shape index (κ1) is 12.4. The summed E-state index contributed by atoms with van der Waals surface area (Å²) in [7, 11) is 1.34. The first-order chi connectivity index (χ1) is 7.61. The van der Waals surface area contributed by atoms with Gasteiger partial charge in [-0.3, -0.25) is 4.79 Å². The van der Waals surface area contributed by atoms with Crippen LogP contribution in [0.15, 0.2) is 12.4 Å². The summed E-state index contributed by atoms with van der Waals surface area (Å²) in [5.41, 5.74) is 1.10. The molecule has 0 radical (unpaired) electrons. The zero-order valence-corrected chi connectivity index (χ0v) is 9.86. The summed E-state index contributed by atoms with van der Waals surface area (Å²) in [5, 5.41) is 2.78. The summed E-state index contributed by atoms with van der Waals surface area (Å²) < 4.78 is 4.49. The lowest BCUT2D eigenvalue weighted by Crippen LogP contribution is -2.16. The van der Waals surface area contributed by atoms with Crippen molar-refractivity contribution in [1.29, 1.82) is 0 Å². The van der Waals surface area contributed by atoms with E-state index in [0.717, 1.165) is 12.0 Å². The molecule has 88 valence electrons. The SMILES string of the molecule is COC(=O)CNc1ncc(CC(C)C)cn1. The molecule has 0 saturated heterocycles. The molecular formula is C11H17N3O2. The van der Waals surface area contributed by atoms with Crippen molar-refractivity contribution in [1.82, 2.24) is 9.97 Å². The Morgan fingerprint density at radius 2 is 2.06 bits per heavy atom. The molecule has 1 aromatic heterocycles. The summed E-state index contributed by atoms with van der Waals surface area (Å²) in [6, 6.07) is 0. The van der Waals surface area contributed by atoms with E-state index in [0.29, 0.717) is 11.9 Å². The van der Waals surface area contributed by atoms with Gasteiger partial charge in [0.15, 0.2) is 0 Å². The Morgan fingerprint density at radius 1 is 1.44 bits per heavy atom. The number of carbonyl (C=O) groups is 1. The van der Waals surface area contributed by atoms with Gasteiger partial charge in [0, 0.05) is 12.4 Å². The highest BCUT2D eigenvalue weighted by atomic mass is 16.5. The van der Waals surface area contributed by atoms with Crippen molar-refractivity contribution in [2.75, 3.05) is 19.0 Å². The van der Waals surface area contributed by atoms with Gasteiger partial charge in [-0.05, 0) is 17.9 Å². The van der Waals surface area contributed by atoms with Gasteiger partial charge in [0.05, 0.1) is 7.11 Å². The van der Waals surface area contributed by atoms with Crippen LogP contribution in [0, 0.1) is 5.92 Å². The number of rotatable bonds is 5. The van der Waals surface area contributed by atoms with Crippen molar-refractivity contribution in [3.8, 4) is 0 Å². The third kappa shape index (κ3) is 4.25. The van der Waals surface area contributed by atoms with Crippen LogP contribution in [0.5, 0.6) is 0 Å². The second-order valence-electron chi connectivity index (χ2n) is 3.94. The van der Waals surface area contributed by atoms with Crippen LogP contribution in [0.3, 0.4) is 0 Å². The van der Waals surface area contributed by atoms with E-state index < -0.39 is 0 Å². The molecule has 1 rings (SSSR count). The summed E-state index contributed by atoms with van der Waals surface area (Å²) >= 11 is 0. The van der Waals surface area contributed by atoms with Crippen molar-refractivity contribution in [3.05, 3.63) is 18.0 Å².